The number of phenolic OH excluding ortho intramolecular Hbond substituents is 2. The third-order valence-corrected chi connectivity index (χ3v) is 3.48. The van der Waals surface area contributed by atoms with Gasteiger partial charge in [0, 0.05) is 11.6 Å². The molecule has 3 aromatic rings. The zero-order valence-corrected chi connectivity index (χ0v) is 12.3. The first kappa shape index (κ1) is 14.0. The third-order valence-electron chi connectivity index (χ3n) is 3.48. The van der Waals surface area contributed by atoms with Crippen LogP contribution in [0, 0.1) is 13.8 Å². The van der Waals surface area contributed by atoms with E-state index in [-0.39, 0.29) is 11.5 Å². The molecule has 0 aliphatic heterocycles. The van der Waals surface area contributed by atoms with E-state index < -0.39 is 0 Å². The summed E-state index contributed by atoms with van der Waals surface area (Å²) in [4.78, 5) is 0. The number of hydrogen-bond donors (Lipinski definition) is 3. The average Bonchev–Trinajstić information content (AvgIpc) is 2.91. The number of rotatable bonds is 3. The van der Waals surface area contributed by atoms with Gasteiger partial charge in [-0.05, 0) is 37.1 Å². The van der Waals surface area contributed by atoms with Crippen molar-refractivity contribution in [1.82, 2.24) is 10.2 Å². The molecule has 0 spiro atoms. The van der Waals surface area contributed by atoms with Crippen LogP contribution in [0.15, 0.2) is 42.6 Å². The number of phenols is 2. The maximum Gasteiger partial charge on any atom is 0.173 e. The largest absolute Gasteiger partial charge is 0.508 e. The summed E-state index contributed by atoms with van der Waals surface area (Å²) in [6, 6.07) is 10.3. The molecule has 5 nitrogen and oxygen atoms in total. The molecule has 0 saturated carbocycles. The Balaban J connectivity index is 2.03. The SMILES string of the molecule is Cc1cccc(C)c1Oc1cn[nH]c1-c1ccc(O)cc1O. The molecule has 3 N–H and O–H groups in total. The van der Waals surface area contributed by atoms with Gasteiger partial charge in [0.25, 0.3) is 0 Å². The first-order valence-electron chi connectivity index (χ1n) is 6.86. The monoisotopic (exact) mass is 296 g/mol. The number of benzene rings is 2. The highest BCUT2D eigenvalue weighted by Gasteiger charge is 2.15. The van der Waals surface area contributed by atoms with Crippen LogP contribution < -0.4 is 4.74 Å². The number of aromatic amines is 1. The predicted octanol–water partition coefficient (Wildman–Crippen LogP) is 3.90. The van der Waals surface area contributed by atoms with Gasteiger partial charge in [0.05, 0.1) is 6.20 Å². The van der Waals surface area contributed by atoms with E-state index in [4.69, 9.17) is 4.74 Å². The number of ether oxygens (including phenoxy) is 1. The van der Waals surface area contributed by atoms with Gasteiger partial charge in [-0.15, -0.1) is 0 Å². The molecular formula is C17H16N2O3. The minimum atomic E-state index is -0.0457. The zero-order valence-electron chi connectivity index (χ0n) is 12.3. The molecule has 0 aliphatic rings. The topological polar surface area (TPSA) is 78.4 Å². The summed E-state index contributed by atoms with van der Waals surface area (Å²) in [5.74, 6) is 1.23. The summed E-state index contributed by atoms with van der Waals surface area (Å²) >= 11 is 0. The van der Waals surface area contributed by atoms with E-state index >= 15 is 0 Å². The lowest BCUT2D eigenvalue weighted by atomic mass is 10.1. The highest BCUT2D eigenvalue weighted by Crippen LogP contribution is 2.38. The molecule has 22 heavy (non-hydrogen) atoms. The van der Waals surface area contributed by atoms with Gasteiger partial charge in [0.2, 0.25) is 0 Å². The van der Waals surface area contributed by atoms with E-state index in [1.54, 1.807) is 12.3 Å². The van der Waals surface area contributed by atoms with Gasteiger partial charge in [0.1, 0.15) is 22.9 Å². The Bertz CT molecular complexity index is 804. The number of nitrogens with zero attached hydrogens (tertiary/aromatic N) is 1. The third kappa shape index (κ3) is 2.48. The Kier molecular flexibility index (Phi) is 3.47. The van der Waals surface area contributed by atoms with Crippen molar-refractivity contribution < 1.29 is 14.9 Å². The van der Waals surface area contributed by atoms with Crippen molar-refractivity contribution >= 4 is 0 Å². The van der Waals surface area contributed by atoms with Gasteiger partial charge >= 0.3 is 0 Å². The summed E-state index contributed by atoms with van der Waals surface area (Å²) in [5.41, 5.74) is 3.10. The fourth-order valence-corrected chi connectivity index (χ4v) is 2.35. The van der Waals surface area contributed by atoms with E-state index in [2.05, 4.69) is 10.2 Å². The molecule has 0 bridgehead atoms. The molecule has 0 atom stereocenters. The minimum Gasteiger partial charge on any atom is -0.508 e. The molecule has 112 valence electrons. The fraction of sp³-hybridized carbons (Fsp3) is 0.118. The fourth-order valence-electron chi connectivity index (χ4n) is 2.35. The lowest BCUT2D eigenvalue weighted by Gasteiger charge is -2.12. The number of aromatic hydroxyl groups is 2. The average molecular weight is 296 g/mol. The quantitative estimate of drug-likeness (QED) is 0.685. The molecule has 0 fully saturated rings. The van der Waals surface area contributed by atoms with Gasteiger partial charge in [-0.2, -0.15) is 5.10 Å². The van der Waals surface area contributed by atoms with Crippen molar-refractivity contribution in [1.29, 1.82) is 0 Å². The van der Waals surface area contributed by atoms with Crippen molar-refractivity contribution in [2.75, 3.05) is 0 Å². The number of hydrogen-bond acceptors (Lipinski definition) is 4. The second kappa shape index (κ2) is 5.44. The second-order valence-electron chi connectivity index (χ2n) is 5.13. The number of aromatic nitrogens is 2. The molecule has 0 amide bonds. The normalized spacial score (nSPS) is 10.6. The summed E-state index contributed by atoms with van der Waals surface area (Å²) in [7, 11) is 0. The standard InChI is InChI=1S/C17H16N2O3/c1-10-4-3-5-11(2)17(10)22-15-9-18-19-16(15)13-7-6-12(20)8-14(13)21/h3-9,20-21H,1-2H3,(H,18,19). The zero-order chi connectivity index (χ0) is 15.7. The predicted molar refractivity (Wildman–Crippen MR) is 83.3 cm³/mol. The Morgan fingerprint density at radius 3 is 2.45 bits per heavy atom. The number of aryl methyl sites for hydroxylation is 2. The molecular weight excluding hydrogens is 280 g/mol. The van der Waals surface area contributed by atoms with Gasteiger partial charge < -0.3 is 14.9 Å². The highest BCUT2D eigenvalue weighted by molar-refractivity contribution is 5.73. The van der Waals surface area contributed by atoms with E-state index in [0.717, 1.165) is 16.9 Å². The lowest BCUT2D eigenvalue weighted by Crippen LogP contribution is -1.91. The minimum absolute atomic E-state index is 0.00187. The molecule has 1 aromatic heterocycles. The second-order valence-corrected chi connectivity index (χ2v) is 5.13. The van der Waals surface area contributed by atoms with Gasteiger partial charge in [-0.25, -0.2) is 0 Å². The first-order valence-corrected chi connectivity index (χ1v) is 6.86. The van der Waals surface area contributed by atoms with Crippen LogP contribution in [0.2, 0.25) is 0 Å². The van der Waals surface area contributed by atoms with Crippen LogP contribution >= 0.6 is 0 Å². The number of para-hydroxylation sites is 1. The Morgan fingerprint density at radius 2 is 1.77 bits per heavy atom. The lowest BCUT2D eigenvalue weighted by molar-refractivity contribution is 0.450. The Labute approximate surface area is 127 Å². The Morgan fingerprint density at radius 1 is 1.05 bits per heavy atom. The van der Waals surface area contributed by atoms with Gasteiger partial charge in [-0.1, -0.05) is 18.2 Å². The van der Waals surface area contributed by atoms with E-state index in [1.165, 1.54) is 12.1 Å². The molecule has 2 aromatic carbocycles. The van der Waals surface area contributed by atoms with Crippen molar-refractivity contribution in [2.45, 2.75) is 13.8 Å². The number of H-pyrrole nitrogens is 1. The smallest absolute Gasteiger partial charge is 0.173 e. The molecule has 5 heteroatoms. The van der Waals surface area contributed by atoms with Crippen LogP contribution in [-0.2, 0) is 0 Å². The Hall–Kier alpha value is -2.95. The van der Waals surface area contributed by atoms with Crippen LogP contribution in [0.3, 0.4) is 0 Å². The summed E-state index contributed by atoms with van der Waals surface area (Å²) in [6.07, 6.45) is 1.56. The molecule has 1 heterocycles. The van der Waals surface area contributed by atoms with E-state index in [0.29, 0.717) is 17.0 Å². The van der Waals surface area contributed by atoms with Crippen LogP contribution in [0.4, 0.5) is 0 Å². The van der Waals surface area contributed by atoms with Crippen LogP contribution in [0.1, 0.15) is 11.1 Å². The van der Waals surface area contributed by atoms with Crippen LogP contribution in [0.25, 0.3) is 11.3 Å². The van der Waals surface area contributed by atoms with Gasteiger partial charge in [0.15, 0.2) is 5.75 Å². The molecule has 0 aliphatic carbocycles. The van der Waals surface area contributed by atoms with Gasteiger partial charge in [-0.3, -0.25) is 5.10 Å². The summed E-state index contributed by atoms with van der Waals surface area (Å²) in [5, 5.41) is 26.2. The summed E-state index contributed by atoms with van der Waals surface area (Å²) in [6.45, 7) is 3.94. The highest BCUT2D eigenvalue weighted by atomic mass is 16.5. The summed E-state index contributed by atoms with van der Waals surface area (Å²) < 4.78 is 5.98. The molecule has 0 radical (unpaired) electrons. The maximum absolute atomic E-state index is 10.00. The van der Waals surface area contributed by atoms with Crippen molar-refractivity contribution in [3.8, 4) is 34.3 Å². The van der Waals surface area contributed by atoms with E-state index in [1.807, 2.05) is 32.0 Å². The van der Waals surface area contributed by atoms with E-state index in [9.17, 15) is 10.2 Å². The van der Waals surface area contributed by atoms with Crippen LogP contribution in [0.5, 0.6) is 23.0 Å². The molecule has 0 unspecified atom stereocenters. The maximum atomic E-state index is 10.00. The molecule has 0 saturated heterocycles. The van der Waals surface area contributed by atoms with Crippen LogP contribution in [-0.4, -0.2) is 20.4 Å². The van der Waals surface area contributed by atoms with Crippen molar-refractivity contribution in [3.05, 3.63) is 53.7 Å². The van der Waals surface area contributed by atoms with Crippen molar-refractivity contribution in [2.24, 2.45) is 0 Å². The molecule has 3 rings (SSSR count). The van der Waals surface area contributed by atoms with Crippen molar-refractivity contribution in [3.63, 3.8) is 0 Å². The number of nitrogens with one attached hydrogen (secondary N) is 1. The first-order chi connectivity index (χ1) is 10.6.